The second kappa shape index (κ2) is 4.06. The lowest BCUT2D eigenvalue weighted by atomic mass is 9.98. The quantitative estimate of drug-likeness (QED) is 0.503. The molecule has 0 saturated carbocycles. The van der Waals surface area contributed by atoms with Crippen LogP contribution in [-0.2, 0) is 9.84 Å². The third kappa shape index (κ3) is 1.46. The number of anilines is 1. The molecule has 1 aliphatic rings. The third-order valence-electron chi connectivity index (χ3n) is 3.79. The SMILES string of the molecule is N#Cc1c2c(nc3ccc(N)cc13)S(=O)(=O)c1ccccc1-2. The number of hydrogen-bond acceptors (Lipinski definition) is 5. The molecule has 106 valence electrons. The fourth-order valence-corrected chi connectivity index (χ4v) is 4.46. The van der Waals surface area contributed by atoms with E-state index in [9.17, 15) is 13.7 Å². The van der Waals surface area contributed by atoms with Crippen LogP contribution in [-0.4, -0.2) is 13.4 Å². The minimum Gasteiger partial charge on any atom is -0.399 e. The minimum atomic E-state index is -3.69. The van der Waals surface area contributed by atoms with Crippen molar-refractivity contribution in [1.29, 1.82) is 5.26 Å². The Hall–Kier alpha value is -2.91. The lowest BCUT2D eigenvalue weighted by molar-refractivity contribution is 0.596. The van der Waals surface area contributed by atoms with Gasteiger partial charge in [0.05, 0.1) is 16.0 Å². The first-order chi connectivity index (χ1) is 10.5. The maximum absolute atomic E-state index is 12.7. The normalized spacial score (nSPS) is 14.3. The predicted octanol–water partition coefficient (Wildman–Crippen LogP) is 2.50. The van der Waals surface area contributed by atoms with Gasteiger partial charge in [0.15, 0.2) is 5.03 Å². The van der Waals surface area contributed by atoms with Crippen molar-refractivity contribution in [2.45, 2.75) is 9.92 Å². The van der Waals surface area contributed by atoms with E-state index in [0.717, 1.165) is 0 Å². The lowest BCUT2D eigenvalue weighted by Gasteiger charge is -2.07. The van der Waals surface area contributed by atoms with E-state index in [4.69, 9.17) is 5.73 Å². The number of sulfone groups is 1. The Morgan fingerprint density at radius 3 is 2.68 bits per heavy atom. The maximum Gasteiger partial charge on any atom is 0.225 e. The first kappa shape index (κ1) is 12.8. The molecule has 0 spiro atoms. The molecule has 1 aliphatic heterocycles. The average molecular weight is 307 g/mol. The van der Waals surface area contributed by atoms with Crippen molar-refractivity contribution in [2.24, 2.45) is 0 Å². The third-order valence-corrected chi connectivity index (χ3v) is 5.53. The van der Waals surface area contributed by atoms with Crippen molar-refractivity contribution < 1.29 is 8.42 Å². The molecule has 0 bridgehead atoms. The summed E-state index contributed by atoms with van der Waals surface area (Å²) in [5, 5.41) is 10.1. The summed E-state index contributed by atoms with van der Waals surface area (Å²) in [7, 11) is -3.69. The summed E-state index contributed by atoms with van der Waals surface area (Å²) in [6.07, 6.45) is 0. The molecule has 0 radical (unpaired) electrons. The molecule has 0 fully saturated rings. The fourth-order valence-electron chi connectivity index (χ4n) is 2.83. The van der Waals surface area contributed by atoms with Gasteiger partial charge >= 0.3 is 0 Å². The van der Waals surface area contributed by atoms with Crippen LogP contribution in [0.15, 0.2) is 52.4 Å². The Morgan fingerprint density at radius 1 is 1.14 bits per heavy atom. The van der Waals surface area contributed by atoms with E-state index in [1.807, 2.05) is 0 Å². The molecular formula is C16H9N3O2S. The van der Waals surface area contributed by atoms with Gasteiger partial charge in [0, 0.05) is 22.2 Å². The van der Waals surface area contributed by atoms with Crippen LogP contribution in [0.2, 0.25) is 0 Å². The van der Waals surface area contributed by atoms with Gasteiger partial charge in [-0.3, -0.25) is 0 Å². The number of nitrogens with zero attached hydrogens (tertiary/aromatic N) is 2. The van der Waals surface area contributed by atoms with Crippen LogP contribution in [0.1, 0.15) is 5.56 Å². The van der Waals surface area contributed by atoms with Crippen molar-refractivity contribution in [2.75, 3.05) is 5.73 Å². The summed E-state index contributed by atoms with van der Waals surface area (Å²) >= 11 is 0. The van der Waals surface area contributed by atoms with Gasteiger partial charge in [-0.15, -0.1) is 0 Å². The average Bonchev–Trinajstić information content (AvgIpc) is 2.74. The molecule has 2 N–H and O–H groups in total. The van der Waals surface area contributed by atoms with E-state index in [1.54, 1.807) is 36.4 Å². The molecule has 3 aromatic rings. The van der Waals surface area contributed by atoms with E-state index in [1.165, 1.54) is 6.07 Å². The minimum absolute atomic E-state index is 0.0532. The second-order valence-corrected chi connectivity index (χ2v) is 6.89. The highest BCUT2D eigenvalue weighted by molar-refractivity contribution is 7.92. The highest BCUT2D eigenvalue weighted by atomic mass is 32.2. The number of nitrogen functional groups attached to an aromatic ring is 1. The highest BCUT2D eigenvalue weighted by Gasteiger charge is 2.37. The first-order valence-electron chi connectivity index (χ1n) is 6.52. The fraction of sp³-hybridized carbons (Fsp3) is 0. The van der Waals surface area contributed by atoms with Crippen molar-refractivity contribution in [3.63, 3.8) is 0 Å². The van der Waals surface area contributed by atoms with Gasteiger partial charge in [-0.2, -0.15) is 5.26 Å². The zero-order valence-electron chi connectivity index (χ0n) is 11.2. The van der Waals surface area contributed by atoms with Crippen molar-refractivity contribution in [3.05, 3.63) is 48.0 Å². The number of hydrogen-bond donors (Lipinski definition) is 1. The Balaban J connectivity index is 2.29. The summed E-state index contributed by atoms with van der Waals surface area (Å²) < 4.78 is 25.3. The lowest BCUT2D eigenvalue weighted by Crippen LogP contribution is -2.01. The number of pyridine rings is 1. The Bertz CT molecular complexity index is 1110. The molecule has 2 aromatic carbocycles. The zero-order chi connectivity index (χ0) is 15.5. The topological polar surface area (TPSA) is 96.8 Å². The molecule has 5 nitrogen and oxygen atoms in total. The molecule has 4 rings (SSSR count). The summed E-state index contributed by atoms with van der Waals surface area (Å²) in [6.45, 7) is 0. The Labute approximate surface area is 126 Å². The summed E-state index contributed by atoms with van der Waals surface area (Å²) in [5.74, 6) is 0. The van der Waals surface area contributed by atoms with Gasteiger partial charge in [0.2, 0.25) is 9.84 Å². The van der Waals surface area contributed by atoms with Gasteiger partial charge in [-0.05, 0) is 24.3 Å². The molecule has 1 aromatic heterocycles. The van der Waals surface area contributed by atoms with Crippen molar-refractivity contribution in [3.8, 4) is 17.2 Å². The Morgan fingerprint density at radius 2 is 1.91 bits per heavy atom. The van der Waals surface area contributed by atoms with Gasteiger partial charge in [-0.1, -0.05) is 18.2 Å². The molecule has 0 saturated heterocycles. The van der Waals surface area contributed by atoms with Gasteiger partial charge in [-0.25, -0.2) is 13.4 Å². The number of fused-ring (bicyclic) bond motifs is 4. The molecule has 22 heavy (non-hydrogen) atoms. The molecule has 0 atom stereocenters. The monoisotopic (exact) mass is 307 g/mol. The van der Waals surface area contributed by atoms with Crippen LogP contribution in [0, 0.1) is 11.3 Å². The van der Waals surface area contributed by atoms with Crippen LogP contribution >= 0.6 is 0 Å². The number of benzene rings is 2. The standard InChI is InChI=1S/C16H9N3O2S/c17-8-12-11-7-9(18)5-6-13(11)19-16-15(12)10-3-1-2-4-14(10)22(16,20)21/h1-7H,18H2. The van der Waals surface area contributed by atoms with Crippen molar-refractivity contribution in [1.82, 2.24) is 4.98 Å². The number of rotatable bonds is 0. The molecule has 0 unspecified atom stereocenters. The largest absolute Gasteiger partial charge is 0.399 e. The summed E-state index contributed by atoms with van der Waals surface area (Å²) in [4.78, 5) is 4.47. The molecular weight excluding hydrogens is 298 g/mol. The van der Waals surface area contributed by atoms with Crippen LogP contribution in [0.25, 0.3) is 22.0 Å². The number of nitrogens with two attached hydrogens (primary N) is 1. The van der Waals surface area contributed by atoms with Crippen LogP contribution in [0.3, 0.4) is 0 Å². The van der Waals surface area contributed by atoms with Crippen LogP contribution in [0.4, 0.5) is 5.69 Å². The van der Waals surface area contributed by atoms with Crippen molar-refractivity contribution >= 4 is 26.4 Å². The van der Waals surface area contributed by atoms with E-state index < -0.39 is 9.84 Å². The maximum atomic E-state index is 12.7. The van der Waals surface area contributed by atoms with Gasteiger partial charge in [0.1, 0.15) is 6.07 Å². The smallest absolute Gasteiger partial charge is 0.225 e. The van der Waals surface area contributed by atoms with E-state index in [2.05, 4.69) is 11.1 Å². The van der Waals surface area contributed by atoms with Crippen LogP contribution < -0.4 is 5.73 Å². The van der Waals surface area contributed by atoms with Crippen LogP contribution in [0.5, 0.6) is 0 Å². The number of nitriles is 1. The molecule has 0 amide bonds. The molecule has 0 aliphatic carbocycles. The highest BCUT2D eigenvalue weighted by Crippen LogP contribution is 2.45. The van der Waals surface area contributed by atoms with Gasteiger partial charge < -0.3 is 5.73 Å². The molecule has 2 heterocycles. The van der Waals surface area contributed by atoms with E-state index in [0.29, 0.717) is 33.3 Å². The van der Waals surface area contributed by atoms with E-state index >= 15 is 0 Å². The Kier molecular flexibility index (Phi) is 2.36. The van der Waals surface area contributed by atoms with E-state index in [-0.39, 0.29) is 9.92 Å². The zero-order valence-corrected chi connectivity index (χ0v) is 12.1. The summed E-state index contributed by atoms with van der Waals surface area (Å²) in [5.41, 5.74) is 7.91. The summed E-state index contributed by atoms with van der Waals surface area (Å²) in [6, 6.07) is 13.7. The first-order valence-corrected chi connectivity index (χ1v) is 8.00. The molecule has 6 heteroatoms. The second-order valence-electron chi connectivity index (χ2n) is 5.05. The predicted molar refractivity (Wildman–Crippen MR) is 81.8 cm³/mol. The van der Waals surface area contributed by atoms with Gasteiger partial charge in [0.25, 0.3) is 0 Å². The number of aromatic nitrogens is 1.